The molecule has 0 aliphatic heterocycles. The first-order chi connectivity index (χ1) is 6.14. The highest BCUT2D eigenvalue weighted by atomic mass is 28.3. The van der Waals surface area contributed by atoms with Gasteiger partial charge in [0.05, 0.1) is 0 Å². The summed E-state index contributed by atoms with van der Waals surface area (Å²) in [5, 5.41) is 6.23. The molecule has 0 rings (SSSR count). The van der Waals surface area contributed by atoms with E-state index in [0.717, 1.165) is 19.0 Å². The van der Waals surface area contributed by atoms with Gasteiger partial charge in [-0.25, -0.2) is 0 Å². The lowest BCUT2D eigenvalue weighted by Gasteiger charge is -2.32. The first-order valence-corrected chi connectivity index (χ1v) is 7.10. The quantitative estimate of drug-likeness (QED) is 0.472. The van der Waals surface area contributed by atoms with Gasteiger partial charge in [0.2, 0.25) is 0 Å². The van der Waals surface area contributed by atoms with E-state index in [1.54, 1.807) is 14.2 Å². The molecule has 0 amide bonds. The van der Waals surface area contributed by atoms with Crippen molar-refractivity contribution in [3.8, 4) is 0 Å². The molecule has 0 aliphatic rings. The maximum atomic E-state index is 6.23. The highest BCUT2D eigenvalue weighted by Gasteiger charge is 2.37. The van der Waals surface area contributed by atoms with Gasteiger partial charge in [-0.1, -0.05) is 13.8 Å². The zero-order valence-electron chi connectivity index (χ0n) is 9.09. The molecule has 0 bridgehead atoms. The summed E-state index contributed by atoms with van der Waals surface area (Å²) in [6.45, 7) is 5.12. The predicted octanol–water partition coefficient (Wildman–Crippen LogP) is 0.565. The summed E-state index contributed by atoms with van der Waals surface area (Å²) in [7, 11) is 1.19. The maximum Gasteiger partial charge on any atom is 0.260 e. The second-order valence-electron chi connectivity index (χ2n) is 3.12. The molecule has 0 aromatic rings. The number of nitrogens with two attached hydrogens (primary N) is 1. The minimum atomic E-state index is -2.07. The normalized spacial score (nSPS) is 16.2. The second-order valence-corrected chi connectivity index (χ2v) is 6.74. The molecule has 0 spiro atoms. The van der Waals surface area contributed by atoms with Crippen LogP contribution in [-0.2, 0) is 9.47 Å². The fourth-order valence-corrected chi connectivity index (χ4v) is 3.56. The molecule has 0 saturated carbocycles. The van der Waals surface area contributed by atoms with Crippen LogP contribution in [0.2, 0.25) is 6.04 Å². The van der Waals surface area contributed by atoms with Gasteiger partial charge in [-0.3, -0.25) is 0 Å². The summed E-state index contributed by atoms with van der Waals surface area (Å²) in [6, 6.07) is 0.902. The molecule has 80 valence electrons. The third-order valence-electron chi connectivity index (χ3n) is 2.14. The van der Waals surface area contributed by atoms with Crippen LogP contribution in [-0.4, -0.2) is 35.1 Å². The lowest BCUT2D eigenvalue weighted by molar-refractivity contribution is -0.0527. The van der Waals surface area contributed by atoms with Crippen LogP contribution in [0.1, 0.15) is 20.3 Å². The van der Waals surface area contributed by atoms with Crippen molar-refractivity contribution < 1.29 is 9.47 Å². The Hall–Kier alpha value is 0.0569. The summed E-state index contributed by atoms with van der Waals surface area (Å²) in [6.07, 6.45) is 1.08. The van der Waals surface area contributed by atoms with E-state index < -0.39 is 8.40 Å². The molecular formula is C8H22N2O2Si. The van der Waals surface area contributed by atoms with E-state index in [2.05, 4.69) is 18.8 Å². The Kier molecular flexibility index (Phi) is 6.53. The minimum absolute atomic E-state index is 0.260. The van der Waals surface area contributed by atoms with Crippen molar-refractivity contribution in [3.63, 3.8) is 0 Å². The van der Waals surface area contributed by atoms with Crippen LogP contribution < -0.4 is 10.4 Å². The summed E-state index contributed by atoms with van der Waals surface area (Å²) >= 11 is 0. The largest absolute Gasteiger partial charge is 0.356 e. The first kappa shape index (κ1) is 13.1. The van der Waals surface area contributed by atoms with Crippen molar-refractivity contribution in [2.24, 2.45) is 5.40 Å². The van der Waals surface area contributed by atoms with E-state index in [9.17, 15) is 0 Å². The van der Waals surface area contributed by atoms with Gasteiger partial charge in [0.15, 0.2) is 5.91 Å². The molecule has 0 radical (unpaired) electrons. The number of nitrogens with one attached hydrogen (secondary N) is 1. The van der Waals surface area contributed by atoms with E-state index >= 15 is 0 Å². The van der Waals surface area contributed by atoms with Crippen LogP contribution >= 0.6 is 0 Å². The molecule has 1 unspecified atom stereocenters. The van der Waals surface area contributed by atoms with Crippen molar-refractivity contribution in [1.29, 1.82) is 0 Å². The molecule has 3 N–H and O–H groups in total. The van der Waals surface area contributed by atoms with E-state index in [1.807, 2.05) is 0 Å². The fraction of sp³-hybridized carbons (Fsp3) is 1.00. The third-order valence-corrected chi connectivity index (χ3v) is 5.53. The third kappa shape index (κ3) is 3.74. The number of rotatable bonds is 7. The minimum Gasteiger partial charge on any atom is -0.356 e. The topological polar surface area (TPSA) is 56.5 Å². The average Bonchev–Trinajstić information content (AvgIpc) is 2.16. The van der Waals surface area contributed by atoms with Crippen molar-refractivity contribution in [3.05, 3.63) is 0 Å². The van der Waals surface area contributed by atoms with Gasteiger partial charge in [-0.2, -0.15) is 0 Å². The van der Waals surface area contributed by atoms with E-state index in [-0.39, 0.29) is 5.91 Å². The number of hydrogen-bond acceptors (Lipinski definition) is 4. The van der Waals surface area contributed by atoms with Gasteiger partial charge in [0, 0.05) is 14.2 Å². The predicted molar refractivity (Wildman–Crippen MR) is 56.5 cm³/mol. The van der Waals surface area contributed by atoms with Crippen molar-refractivity contribution in [2.75, 3.05) is 20.8 Å². The van der Waals surface area contributed by atoms with E-state index in [1.165, 1.54) is 0 Å². The molecular weight excluding hydrogens is 184 g/mol. The van der Waals surface area contributed by atoms with Gasteiger partial charge in [-0.15, -0.1) is 0 Å². The highest BCUT2D eigenvalue weighted by molar-refractivity contribution is 6.75. The Morgan fingerprint density at radius 2 is 1.85 bits per heavy atom. The lowest BCUT2D eigenvalue weighted by atomic mass is 10.5. The zero-order chi connectivity index (χ0) is 10.3. The highest BCUT2D eigenvalue weighted by Crippen LogP contribution is 2.08. The fourth-order valence-electron chi connectivity index (χ4n) is 1.25. The number of ether oxygens (including phenoxy) is 2. The molecule has 0 aliphatic carbocycles. The lowest BCUT2D eigenvalue weighted by Crippen LogP contribution is -2.68. The smallest absolute Gasteiger partial charge is 0.260 e. The number of methoxy groups -OCH3 is 2. The SMILES string of the molecule is CCCN[Si](N)(CC)C(OC)OC. The van der Waals surface area contributed by atoms with Gasteiger partial charge < -0.3 is 19.9 Å². The van der Waals surface area contributed by atoms with Crippen LogP contribution in [0.4, 0.5) is 0 Å². The summed E-state index contributed by atoms with van der Waals surface area (Å²) in [4.78, 5) is 3.36. The van der Waals surface area contributed by atoms with Crippen LogP contribution in [0, 0.1) is 0 Å². The van der Waals surface area contributed by atoms with Crippen LogP contribution in [0.3, 0.4) is 0 Å². The first-order valence-electron chi connectivity index (χ1n) is 4.74. The molecule has 0 saturated heterocycles. The van der Waals surface area contributed by atoms with Gasteiger partial charge in [0.1, 0.15) is 0 Å². The molecule has 1 atom stereocenters. The molecule has 4 nitrogen and oxygen atoms in total. The van der Waals surface area contributed by atoms with Gasteiger partial charge in [-0.05, 0) is 19.0 Å². The Bertz CT molecular complexity index is 133. The number of hydrogen-bond donors (Lipinski definition) is 2. The molecule has 13 heavy (non-hydrogen) atoms. The molecule has 5 heteroatoms. The standard InChI is InChI=1S/C8H22N2O2Si/c1-5-7-10-13(9,6-2)8(11-3)12-4/h8,10H,5-7,9H2,1-4H3. The second kappa shape index (κ2) is 6.50. The van der Waals surface area contributed by atoms with Gasteiger partial charge in [0.25, 0.3) is 8.40 Å². The monoisotopic (exact) mass is 206 g/mol. The van der Waals surface area contributed by atoms with Crippen LogP contribution in [0.25, 0.3) is 0 Å². The van der Waals surface area contributed by atoms with Crippen LogP contribution in [0.15, 0.2) is 0 Å². The molecule has 0 aromatic carbocycles. The molecule has 0 heterocycles. The van der Waals surface area contributed by atoms with Crippen molar-refractivity contribution in [1.82, 2.24) is 4.98 Å². The summed E-state index contributed by atoms with van der Waals surface area (Å²) < 4.78 is 10.4. The Balaban J connectivity index is 4.21. The Labute approximate surface area is 82.0 Å². The molecule has 0 fully saturated rings. The zero-order valence-corrected chi connectivity index (χ0v) is 10.1. The van der Waals surface area contributed by atoms with Gasteiger partial charge >= 0.3 is 0 Å². The van der Waals surface area contributed by atoms with E-state index in [0.29, 0.717) is 0 Å². The Morgan fingerprint density at radius 3 is 2.15 bits per heavy atom. The summed E-state index contributed by atoms with van der Waals surface area (Å²) in [5.74, 6) is -0.260. The molecule has 0 aromatic heterocycles. The van der Waals surface area contributed by atoms with Crippen molar-refractivity contribution >= 4 is 8.40 Å². The maximum absolute atomic E-state index is 6.23. The van der Waals surface area contributed by atoms with E-state index in [4.69, 9.17) is 14.9 Å². The van der Waals surface area contributed by atoms with Crippen molar-refractivity contribution in [2.45, 2.75) is 32.2 Å². The van der Waals surface area contributed by atoms with Crippen LogP contribution in [0.5, 0.6) is 0 Å². The average molecular weight is 206 g/mol. The Morgan fingerprint density at radius 1 is 1.31 bits per heavy atom. The summed E-state index contributed by atoms with van der Waals surface area (Å²) in [5.41, 5.74) is 0.